The van der Waals surface area contributed by atoms with Crippen LogP contribution in [-0.4, -0.2) is 50.3 Å². The highest BCUT2D eigenvalue weighted by molar-refractivity contribution is 7.92. The van der Waals surface area contributed by atoms with Crippen molar-refractivity contribution in [1.82, 2.24) is 10.2 Å². The maximum absolute atomic E-state index is 14.0. The average Bonchev–Trinajstić information content (AvgIpc) is 2.95. The van der Waals surface area contributed by atoms with Gasteiger partial charge in [0.2, 0.25) is 11.8 Å². The summed E-state index contributed by atoms with van der Waals surface area (Å²) in [4.78, 5) is 28.8. The Bertz CT molecular complexity index is 1390. The van der Waals surface area contributed by atoms with Gasteiger partial charge in [0.05, 0.1) is 15.6 Å². The second kappa shape index (κ2) is 14.5. The Morgan fingerprint density at radius 2 is 1.52 bits per heavy atom. The van der Waals surface area contributed by atoms with Crippen molar-refractivity contribution in [2.75, 3.05) is 17.4 Å². The van der Waals surface area contributed by atoms with Crippen LogP contribution in [0, 0.1) is 0 Å². The van der Waals surface area contributed by atoms with Crippen LogP contribution in [0.2, 0.25) is 10.0 Å². The van der Waals surface area contributed by atoms with Crippen molar-refractivity contribution in [2.45, 2.75) is 57.0 Å². The molecule has 0 saturated heterocycles. The first-order valence-corrected chi connectivity index (χ1v) is 15.4. The molecule has 0 fully saturated rings. The molecule has 3 aromatic carbocycles. The second-order valence-corrected chi connectivity index (χ2v) is 12.2. The number of carbonyl (C=O) groups excluding carboxylic acids is 2. The first-order chi connectivity index (χ1) is 19.1. The van der Waals surface area contributed by atoms with E-state index in [4.69, 9.17) is 23.2 Å². The quantitative estimate of drug-likeness (QED) is 0.261. The summed E-state index contributed by atoms with van der Waals surface area (Å²) in [6.45, 7) is 5.37. The van der Waals surface area contributed by atoms with Crippen molar-refractivity contribution in [2.24, 2.45) is 0 Å². The van der Waals surface area contributed by atoms with E-state index in [-0.39, 0.29) is 34.1 Å². The number of hydrogen-bond acceptors (Lipinski definition) is 4. The minimum absolute atomic E-state index is 0.00575. The van der Waals surface area contributed by atoms with Gasteiger partial charge in [-0.05, 0) is 62.1 Å². The molecule has 0 bridgehead atoms. The fourth-order valence-electron chi connectivity index (χ4n) is 4.25. The Morgan fingerprint density at radius 3 is 2.10 bits per heavy atom. The molecule has 10 heteroatoms. The van der Waals surface area contributed by atoms with Gasteiger partial charge in [-0.2, -0.15) is 0 Å². The van der Waals surface area contributed by atoms with Crippen LogP contribution in [0.4, 0.5) is 5.69 Å². The summed E-state index contributed by atoms with van der Waals surface area (Å²) in [5.41, 5.74) is 1.11. The van der Waals surface area contributed by atoms with Gasteiger partial charge in [0.15, 0.2) is 0 Å². The van der Waals surface area contributed by atoms with Gasteiger partial charge in [-0.25, -0.2) is 8.42 Å². The van der Waals surface area contributed by atoms with Gasteiger partial charge in [0.25, 0.3) is 10.0 Å². The molecule has 0 saturated carbocycles. The number of anilines is 1. The molecule has 214 valence electrons. The topological polar surface area (TPSA) is 86.8 Å². The predicted molar refractivity (Wildman–Crippen MR) is 161 cm³/mol. The van der Waals surface area contributed by atoms with Crippen LogP contribution in [0.15, 0.2) is 83.8 Å². The van der Waals surface area contributed by atoms with Gasteiger partial charge in [-0.1, -0.05) is 85.6 Å². The van der Waals surface area contributed by atoms with E-state index in [0.29, 0.717) is 17.9 Å². The zero-order chi connectivity index (χ0) is 29.3. The third-order valence-corrected chi connectivity index (χ3v) is 8.97. The lowest BCUT2D eigenvalue weighted by Crippen LogP contribution is -2.54. The standard InChI is InChI=1S/C30H35Cl2N3O4S/c1-4-22(3)33-30(37)27(5-2)34(19-18-23-12-8-6-9-13-23)29(36)21-35(28-17-16-24(31)20-26(28)32)40(38,39)25-14-10-7-11-15-25/h6-17,20,22,27H,4-5,18-19,21H2,1-3H3,(H,33,37)/t22-,27+/m1/s1. The Kier molecular flexibility index (Phi) is 11.4. The molecule has 0 aromatic heterocycles. The number of rotatable bonds is 13. The number of nitrogens with one attached hydrogen (secondary N) is 1. The molecule has 0 radical (unpaired) electrons. The normalized spacial score (nSPS) is 12.8. The number of hydrogen-bond donors (Lipinski definition) is 1. The zero-order valence-corrected chi connectivity index (χ0v) is 25.2. The lowest BCUT2D eigenvalue weighted by molar-refractivity contribution is -0.139. The van der Waals surface area contributed by atoms with Crippen LogP contribution in [-0.2, 0) is 26.0 Å². The Morgan fingerprint density at radius 1 is 0.900 bits per heavy atom. The number of carbonyl (C=O) groups is 2. The molecule has 0 aliphatic heterocycles. The number of halogens is 2. The number of benzene rings is 3. The highest BCUT2D eigenvalue weighted by Gasteiger charge is 2.34. The number of nitrogens with zero attached hydrogens (tertiary/aromatic N) is 2. The average molecular weight is 605 g/mol. The minimum Gasteiger partial charge on any atom is -0.352 e. The van der Waals surface area contributed by atoms with E-state index in [2.05, 4.69) is 5.32 Å². The zero-order valence-electron chi connectivity index (χ0n) is 22.9. The van der Waals surface area contributed by atoms with E-state index in [1.165, 1.54) is 35.2 Å². The van der Waals surface area contributed by atoms with Crippen molar-refractivity contribution in [1.29, 1.82) is 0 Å². The summed E-state index contributed by atoms with van der Waals surface area (Å²) in [5.74, 6) is -0.798. The van der Waals surface area contributed by atoms with E-state index in [1.54, 1.807) is 18.2 Å². The molecule has 3 aromatic rings. The second-order valence-electron chi connectivity index (χ2n) is 9.49. The molecule has 0 aliphatic carbocycles. The van der Waals surface area contributed by atoms with Crippen molar-refractivity contribution in [3.63, 3.8) is 0 Å². The molecule has 2 amide bonds. The van der Waals surface area contributed by atoms with E-state index in [0.717, 1.165) is 16.3 Å². The van der Waals surface area contributed by atoms with Gasteiger partial charge in [0, 0.05) is 17.6 Å². The largest absolute Gasteiger partial charge is 0.352 e. The molecule has 7 nitrogen and oxygen atoms in total. The molecular formula is C30H35Cl2N3O4S. The van der Waals surface area contributed by atoms with Gasteiger partial charge >= 0.3 is 0 Å². The fraction of sp³-hybridized carbons (Fsp3) is 0.333. The predicted octanol–water partition coefficient (Wildman–Crippen LogP) is 5.95. The Hall–Kier alpha value is -3.07. The van der Waals surface area contributed by atoms with E-state index < -0.39 is 28.5 Å². The highest BCUT2D eigenvalue weighted by atomic mass is 35.5. The van der Waals surface area contributed by atoms with Gasteiger partial charge in [-0.15, -0.1) is 0 Å². The molecule has 40 heavy (non-hydrogen) atoms. The maximum atomic E-state index is 14.0. The lowest BCUT2D eigenvalue weighted by Gasteiger charge is -2.34. The van der Waals surface area contributed by atoms with Crippen LogP contribution < -0.4 is 9.62 Å². The smallest absolute Gasteiger partial charge is 0.264 e. The Labute approximate surface area is 247 Å². The van der Waals surface area contributed by atoms with E-state index >= 15 is 0 Å². The van der Waals surface area contributed by atoms with Crippen molar-refractivity contribution in [3.8, 4) is 0 Å². The van der Waals surface area contributed by atoms with Crippen LogP contribution in [0.1, 0.15) is 39.2 Å². The van der Waals surface area contributed by atoms with Crippen LogP contribution in [0.5, 0.6) is 0 Å². The van der Waals surface area contributed by atoms with Gasteiger partial charge in [-0.3, -0.25) is 13.9 Å². The SMILES string of the molecule is CC[C@@H](C)NC(=O)[C@H](CC)N(CCc1ccccc1)C(=O)CN(c1ccc(Cl)cc1Cl)S(=O)(=O)c1ccccc1. The minimum atomic E-state index is -4.20. The summed E-state index contributed by atoms with van der Waals surface area (Å²) >= 11 is 12.5. The number of sulfonamides is 1. The van der Waals surface area contributed by atoms with Crippen LogP contribution in [0.25, 0.3) is 0 Å². The maximum Gasteiger partial charge on any atom is 0.264 e. The fourth-order valence-corrected chi connectivity index (χ4v) is 6.27. The monoisotopic (exact) mass is 603 g/mol. The molecule has 0 spiro atoms. The number of amides is 2. The molecule has 0 unspecified atom stereocenters. The molecule has 3 rings (SSSR count). The molecule has 2 atom stereocenters. The lowest BCUT2D eigenvalue weighted by atomic mass is 10.1. The summed E-state index contributed by atoms with van der Waals surface area (Å²) < 4.78 is 28.7. The van der Waals surface area contributed by atoms with Crippen molar-refractivity contribution < 1.29 is 18.0 Å². The van der Waals surface area contributed by atoms with E-state index in [9.17, 15) is 18.0 Å². The first-order valence-electron chi connectivity index (χ1n) is 13.2. The third-order valence-electron chi connectivity index (χ3n) is 6.66. The third kappa shape index (κ3) is 7.99. The summed E-state index contributed by atoms with van der Waals surface area (Å²) in [6.07, 6.45) is 1.58. The molecule has 0 aliphatic rings. The summed E-state index contributed by atoms with van der Waals surface area (Å²) in [7, 11) is -4.20. The van der Waals surface area contributed by atoms with E-state index in [1.807, 2.05) is 51.1 Å². The van der Waals surface area contributed by atoms with Crippen molar-refractivity contribution >= 4 is 50.7 Å². The first kappa shape index (κ1) is 31.5. The van der Waals surface area contributed by atoms with Gasteiger partial charge in [0.1, 0.15) is 12.6 Å². The van der Waals surface area contributed by atoms with Gasteiger partial charge < -0.3 is 10.2 Å². The van der Waals surface area contributed by atoms with Crippen LogP contribution in [0.3, 0.4) is 0 Å². The van der Waals surface area contributed by atoms with Crippen LogP contribution >= 0.6 is 23.2 Å². The Balaban J connectivity index is 2.03. The highest BCUT2D eigenvalue weighted by Crippen LogP contribution is 2.33. The summed E-state index contributed by atoms with van der Waals surface area (Å²) in [6, 6.07) is 21.0. The molecule has 0 heterocycles. The summed E-state index contributed by atoms with van der Waals surface area (Å²) in [5, 5.41) is 3.38. The molecule has 1 N–H and O–H groups in total. The molecular weight excluding hydrogens is 569 g/mol. The van der Waals surface area contributed by atoms with Crippen molar-refractivity contribution in [3.05, 3.63) is 94.5 Å².